The first-order valence-corrected chi connectivity index (χ1v) is 12.2. The third-order valence-electron chi connectivity index (χ3n) is 5.34. The molecule has 4 aromatic rings. The lowest BCUT2D eigenvalue weighted by Crippen LogP contribution is -2.05. The highest BCUT2D eigenvalue weighted by Crippen LogP contribution is 2.38. The summed E-state index contributed by atoms with van der Waals surface area (Å²) in [5, 5.41) is 10.9. The van der Waals surface area contributed by atoms with E-state index < -0.39 is 0 Å². The van der Waals surface area contributed by atoms with Gasteiger partial charge in [0, 0.05) is 11.9 Å². The number of para-hydroxylation sites is 1. The predicted molar refractivity (Wildman–Crippen MR) is 125 cm³/mol. The van der Waals surface area contributed by atoms with E-state index in [1.165, 1.54) is 35.0 Å². The number of fused-ring (bicyclic) bond motifs is 3. The zero-order valence-corrected chi connectivity index (χ0v) is 19.4. The quantitative estimate of drug-likeness (QED) is 0.403. The van der Waals surface area contributed by atoms with Gasteiger partial charge in [-0.2, -0.15) is 0 Å². The molecular weight excluding hydrogens is 452 g/mol. The zero-order chi connectivity index (χ0) is 21.4. The smallest absolute Gasteiger partial charge is 0.191 e. The van der Waals surface area contributed by atoms with Crippen LogP contribution in [0, 0.1) is 0 Å². The lowest BCUT2D eigenvalue weighted by molar-refractivity contribution is 0.290. The number of hydrogen-bond donors (Lipinski definition) is 1. The van der Waals surface area contributed by atoms with Crippen LogP contribution in [0.3, 0.4) is 0 Å². The largest absolute Gasteiger partial charge is 0.484 e. The Kier molecular flexibility index (Phi) is 5.73. The molecule has 5 rings (SSSR count). The molecule has 0 atom stereocenters. The van der Waals surface area contributed by atoms with E-state index in [9.17, 15) is 0 Å². The molecule has 0 fully saturated rings. The highest BCUT2D eigenvalue weighted by atomic mass is 35.5. The maximum atomic E-state index is 6.32. The first-order valence-electron chi connectivity index (χ1n) is 10.0. The number of aryl methyl sites for hydroxylation is 2. The molecule has 31 heavy (non-hydrogen) atoms. The minimum absolute atomic E-state index is 0.282. The van der Waals surface area contributed by atoms with Crippen molar-refractivity contribution in [2.24, 2.45) is 7.05 Å². The van der Waals surface area contributed by atoms with E-state index in [-0.39, 0.29) is 6.61 Å². The van der Waals surface area contributed by atoms with Crippen molar-refractivity contribution >= 4 is 50.7 Å². The highest BCUT2D eigenvalue weighted by Gasteiger charge is 2.20. The number of rotatable bonds is 6. The molecule has 0 amide bonds. The Labute approximate surface area is 193 Å². The minimum atomic E-state index is 0.282. The van der Waals surface area contributed by atoms with E-state index in [1.54, 1.807) is 17.4 Å². The van der Waals surface area contributed by atoms with Gasteiger partial charge < -0.3 is 15.0 Å². The van der Waals surface area contributed by atoms with Crippen LogP contribution in [0.1, 0.15) is 34.9 Å². The summed E-state index contributed by atoms with van der Waals surface area (Å²) in [6, 6.07) is 7.37. The van der Waals surface area contributed by atoms with E-state index in [4.69, 9.17) is 27.1 Å². The van der Waals surface area contributed by atoms with Gasteiger partial charge in [-0.1, -0.05) is 35.5 Å². The Bertz CT molecular complexity index is 1250. The molecule has 0 unspecified atom stereocenters. The van der Waals surface area contributed by atoms with Crippen LogP contribution in [-0.4, -0.2) is 24.7 Å². The number of nitrogens with zero attached hydrogens (tertiary/aromatic N) is 5. The monoisotopic (exact) mass is 472 g/mol. The van der Waals surface area contributed by atoms with Crippen molar-refractivity contribution in [3.8, 4) is 5.75 Å². The summed E-state index contributed by atoms with van der Waals surface area (Å²) in [7, 11) is 1.92. The van der Waals surface area contributed by atoms with Crippen LogP contribution in [-0.2, 0) is 32.2 Å². The lowest BCUT2D eigenvalue weighted by Gasteiger charge is -2.10. The van der Waals surface area contributed by atoms with Crippen LogP contribution in [0.4, 0.5) is 5.82 Å². The van der Waals surface area contributed by atoms with E-state index in [1.807, 2.05) is 29.8 Å². The van der Waals surface area contributed by atoms with Crippen LogP contribution in [0.15, 0.2) is 29.4 Å². The second-order valence-electron chi connectivity index (χ2n) is 7.38. The molecule has 0 aliphatic heterocycles. The third kappa shape index (κ3) is 4.09. The average Bonchev–Trinajstić information content (AvgIpc) is 3.32. The van der Waals surface area contributed by atoms with Gasteiger partial charge in [0.2, 0.25) is 0 Å². The van der Waals surface area contributed by atoms with Gasteiger partial charge in [-0.3, -0.25) is 0 Å². The summed E-state index contributed by atoms with van der Waals surface area (Å²) in [5.41, 5.74) is 7.68. The SMILES string of the molecule is Cn1c(COc2ccccc2Cl)nnc1SCc1nc(N)c2c3c(sc2n1)CCCC3. The number of aromatic nitrogens is 5. The molecule has 0 saturated heterocycles. The number of benzene rings is 1. The van der Waals surface area contributed by atoms with Gasteiger partial charge in [0.25, 0.3) is 0 Å². The molecule has 2 N–H and O–H groups in total. The second kappa shape index (κ2) is 8.64. The molecule has 160 valence electrons. The van der Waals surface area contributed by atoms with Gasteiger partial charge in [0.05, 0.1) is 16.2 Å². The molecule has 7 nitrogen and oxygen atoms in total. The topological polar surface area (TPSA) is 91.7 Å². The first kappa shape index (κ1) is 20.5. The highest BCUT2D eigenvalue weighted by molar-refractivity contribution is 7.98. The summed E-state index contributed by atoms with van der Waals surface area (Å²) >= 11 is 9.44. The van der Waals surface area contributed by atoms with Crippen LogP contribution in [0.25, 0.3) is 10.2 Å². The third-order valence-corrected chi connectivity index (χ3v) is 7.85. The Balaban J connectivity index is 1.29. The van der Waals surface area contributed by atoms with Crippen LogP contribution >= 0.6 is 34.7 Å². The number of ether oxygens (including phenoxy) is 1. The fraction of sp³-hybridized carbons (Fsp3) is 0.333. The van der Waals surface area contributed by atoms with Gasteiger partial charge in [0.1, 0.15) is 28.8 Å². The van der Waals surface area contributed by atoms with Gasteiger partial charge in [-0.25, -0.2) is 9.97 Å². The fourth-order valence-electron chi connectivity index (χ4n) is 3.73. The molecule has 0 saturated carbocycles. The molecule has 3 heterocycles. The number of halogens is 1. The summed E-state index contributed by atoms with van der Waals surface area (Å²) in [5.74, 6) is 3.21. The molecule has 0 bridgehead atoms. The summed E-state index contributed by atoms with van der Waals surface area (Å²) in [6.07, 6.45) is 4.65. The number of hydrogen-bond acceptors (Lipinski definition) is 8. The Morgan fingerprint density at radius 2 is 2.03 bits per heavy atom. The van der Waals surface area contributed by atoms with Crippen molar-refractivity contribution in [1.29, 1.82) is 0 Å². The van der Waals surface area contributed by atoms with Crippen molar-refractivity contribution < 1.29 is 4.74 Å². The van der Waals surface area contributed by atoms with Gasteiger partial charge in [0.15, 0.2) is 11.0 Å². The molecule has 0 spiro atoms. The fourth-order valence-corrected chi connectivity index (χ4v) is 5.99. The lowest BCUT2D eigenvalue weighted by atomic mass is 9.97. The second-order valence-corrected chi connectivity index (χ2v) is 9.82. The molecule has 1 aromatic carbocycles. The van der Waals surface area contributed by atoms with Crippen molar-refractivity contribution in [3.05, 3.63) is 51.4 Å². The average molecular weight is 473 g/mol. The number of anilines is 1. The van der Waals surface area contributed by atoms with E-state index in [2.05, 4.69) is 15.2 Å². The predicted octanol–water partition coefficient (Wildman–Crippen LogP) is 4.81. The summed E-state index contributed by atoms with van der Waals surface area (Å²) < 4.78 is 7.69. The number of nitrogen functional groups attached to an aromatic ring is 1. The van der Waals surface area contributed by atoms with Crippen molar-refractivity contribution in [1.82, 2.24) is 24.7 Å². The van der Waals surface area contributed by atoms with Gasteiger partial charge in [-0.05, 0) is 43.4 Å². The number of thioether (sulfide) groups is 1. The van der Waals surface area contributed by atoms with Crippen molar-refractivity contribution in [3.63, 3.8) is 0 Å². The maximum absolute atomic E-state index is 6.32. The Morgan fingerprint density at radius 3 is 2.90 bits per heavy atom. The molecule has 3 aromatic heterocycles. The molecule has 1 aliphatic rings. The molecular formula is C21H21ClN6OS2. The Hall–Kier alpha value is -2.36. The standard InChI is InChI=1S/C21H21ClN6OS2/c1-28-17(10-29-14-8-4-3-7-13(14)22)26-27-21(28)30-11-16-24-19(23)18-12-6-2-5-9-15(12)31-20(18)25-16/h3-4,7-8H,2,5-6,9-11H2,1H3,(H2,23,24,25). The van der Waals surface area contributed by atoms with Crippen molar-refractivity contribution in [2.45, 2.75) is 43.2 Å². The Morgan fingerprint density at radius 1 is 1.19 bits per heavy atom. The minimum Gasteiger partial charge on any atom is -0.484 e. The van der Waals surface area contributed by atoms with Gasteiger partial charge in [-0.15, -0.1) is 21.5 Å². The summed E-state index contributed by atoms with van der Waals surface area (Å²) in [4.78, 5) is 11.8. The number of thiophene rings is 1. The molecule has 10 heteroatoms. The normalized spacial score (nSPS) is 13.5. The van der Waals surface area contributed by atoms with Gasteiger partial charge >= 0.3 is 0 Å². The molecule has 1 aliphatic carbocycles. The maximum Gasteiger partial charge on any atom is 0.191 e. The summed E-state index contributed by atoms with van der Waals surface area (Å²) in [6.45, 7) is 0.282. The van der Waals surface area contributed by atoms with Crippen molar-refractivity contribution in [2.75, 3.05) is 5.73 Å². The van der Waals surface area contributed by atoms with Crippen LogP contribution < -0.4 is 10.5 Å². The van der Waals surface area contributed by atoms with E-state index in [0.717, 1.165) is 28.2 Å². The zero-order valence-electron chi connectivity index (χ0n) is 17.0. The van der Waals surface area contributed by atoms with E-state index >= 15 is 0 Å². The van der Waals surface area contributed by atoms with Crippen LogP contribution in [0.2, 0.25) is 5.02 Å². The first-order chi connectivity index (χ1) is 15.1. The number of nitrogens with two attached hydrogens (primary N) is 1. The van der Waals surface area contributed by atoms with Crippen LogP contribution in [0.5, 0.6) is 5.75 Å². The van der Waals surface area contributed by atoms with E-state index in [0.29, 0.717) is 34.0 Å². The molecule has 0 radical (unpaired) electrons.